The number of anilines is 1. The smallest absolute Gasteiger partial charge is 0.147 e. The van der Waals surface area contributed by atoms with Gasteiger partial charge in [-0.15, -0.1) is 11.3 Å². The van der Waals surface area contributed by atoms with Gasteiger partial charge in [-0.25, -0.2) is 9.97 Å². The molecule has 1 fully saturated rings. The highest BCUT2D eigenvalue weighted by Gasteiger charge is 2.18. The molecule has 118 valence electrons. The highest BCUT2D eigenvalue weighted by Crippen LogP contribution is 2.36. The Hall–Kier alpha value is -2.18. The van der Waals surface area contributed by atoms with E-state index in [1.54, 1.807) is 24.8 Å². The fourth-order valence-corrected chi connectivity index (χ4v) is 3.77. The van der Waals surface area contributed by atoms with E-state index in [9.17, 15) is 0 Å². The maximum Gasteiger partial charge on any atom is 0.147 e. The van der Waals surface area contributed by atoms with Crippen LogP contribution in [0.4, 0.5) is 5.82 Å². The van der Waals surface area contributed by atoms with Crippen molar-refractivity contribution in [3.8, 4) is 16.2 Å². The number of hydrogen-bond donors (Lipinski definition) is 1. The first-order chi connectivity index (χ1) is 11.3. The summed E-state index contributed by atoms with van der Waals surface area (Å²) in [5, 5.41) is 3.48. The number of aromatic nitrogens is 2. The van der Waals surface area contributed by atoms with E-state index in [0.29, 0.717) is 6.04 Å². The first-order valence-corrected chi connectivity index (χ1v) is 8.38. The molecule has 0 radical (unpaired) electrons. The summed E-state index contributed by atoms with van der Waals surface area (Å²) in [5.41, 5.74) is 2.13. The van der Waals surface area contributed by atoms with E-state index < -0.39 is 0 Å². The predicted octanol–water partition coefficient (Wildman–Crippen LogP) is 3.57. The molecule has 0 saturated carbocycles. The second kappa shape index (κ2) is 6.14. The van der Waals surface area contributed by atoms with Crippen LogP contribution in [0, 0.1) is 0 Å². The average Bonchev–Trinajstić information content (AvgIpc) is 3.25. The molecule has 1 aromatic carbocycles. The van der Waals surface area contributed by atoms with Crippen LogP contribution in [0.15, 0.2) is 36.7 Å². The third-order valence-corrected chi connectivity index (χ3v) is 5.14. The minimum absolute atomic E-state index is 0.333. The largest absolute Gasteiger partial charge is 0.497 e. The highest BCUT2D eigenvalue weighted by molar-refractivity contribution is 7.22. The zero-order valence-electron chi connectivity index (χ0n) is 12.8. The standard InChI is InChI=1S/C17H17N3O2S/c1-21-13-4-2-11(3-5-13)15-8-14-16(23-15)17(19-10-18-14)20-12-6-7-22-9-12/h2-5,8,10,12H,6-7,9H2,1H3,(H,18,19,20)/t12-/m1/s1. The average molecular weight is 327 g/mol. The number of nitrogens with zero attached hydrogens (tertiary/aromatic N) is 2. The minimum Gasteiger partial charge on any atom is -0.497 e. The van der Waals surface area contributed by atoms with E-state index in [2.05, 4.69) is 33.5 Å². The molecule has 3 aromatic rings. The van der Waals surface area contributed by atoms with E-state index in [1.807, 2.05) is 12.1 Å². The summed E-state index contributed by atoms with van der Waals surface area (Å²) < 4.78 is 11.7. The fraction of sp³-hybridized carbons (Fsp3) is 0.294. The summed E-state index contributed by atoms with van der Waals surface area (Å²) in [6, 6.07) is 10.5. The van der Waals surface area contributed by atoms with Gasteiger partial charge in [-0.2, -0.15) is 0 Å². The van der Waals surface area contributed by atoms with Crippen molar-refractivity contribution in [1.29, 1.82) is 0 Å². The quantitative estimate of drug-likeness (QED) is 0.794. The molecular weight excluding hydrogens is 310 g/mol. The molecule has 3 heterocycles. The molecule has 1 aliphatic rings. The zero-order valence-corrected chi connectivity index (χ0v) is 13.6. The number of benzene rings is 1. The lowest BCUT2D eigenvalue weighted by molar-refractivity contribution is 0.195. The zero-order chi connectivity index (χ0) is 15.6. The maximum absolute atomic E-state index is 5.42. The van der Waals surface area contributed by atoms with E-state index in [0.717, 1.165) is 47.0 Å². The van der Waals surface area contributed by atoms with Crippen molar-refractivity contribution in [2.45, 2.75) is 12.5 Å². The van der Waals surface area contributed by atoms with Crippen molar-refractivity contribution < 1.29 is 9.47 Å². The Morgan fingerprint density at radius 1 is 1.26 bits per heavy atom. The van der Waals surface area contributed by atoms with Crippen LogP contribution in [0.3, 0.4) is 0 Å². The van der Waals surface area contributed by atoms with Gasteiger partial charge in [-0.1, -0.05) is 0 Å². The van der Waals surface area contributed by atoms with E-state index in [-0.39, 0.29) is 0 Å². The van der Waals surface area contributed by atoms with Gasteiger partial charge in [-0.05, 0) is 42.3 Å². The Labute approximate surface area is 138 Å². The van der Waals surface area contributed by atoms with E-state index in [4.69, 9.17) is 9.47 Å². The topological polar surface area (TPSA) is 56.3 Å². The van der Waals surface area contributed by atoms with Crippen molar-refractivity contribution in [2.75, 3.05) is 25.6 Å². The Morgan fingerprint density at radius 3 is 2.87 bits per heavy atom. The lowest BCUT2D eigenvalue weighted by Crippen LogP contribution is -2.19. The number of ether oxygens (including phenoxy) is 2. The number of rotatable bonds is 4. The predicted molar refractivity (Wildman–Crippen MR) is 92.2 cm³/mol. The van der Waals surface area contributed by atoms with Crippen LogP contribution in [0.2, 0.25) is 0 Å². The molecule has 2 aromatic heterocycles. The molecular formula is C17H17N3O2S. The van der Waals surface area contributed by atoms with Crippen LogP contribution in [0.5, 0.6) is 5.75 Å². The lowest BCUT2D eigenvalue weighted by Gasteiger charge is -2.11. The molecule has 0 aliphatic carbocycles. The van der Waals surface area contributed by atoms with E-state index in [1.165, 1.54) is 4.88 Å². The summed E-state index contributed by atoms with van der Waals surface area (Å²) in [4.78, 5) is 9.99. The van der Waals surface area contributed by atoms with Gasteiger partial charge in [-0.3, -0.25) is 0 Å². The fourth-order valence-electron chi connectivity index (χ4n) is 2.70. The van der Waals surface area contributed by atoms with Crippen LogP contribution in [0.25, 0.3) is 20.7 Å². The summed E-state index contributed by atoms with van der Waals surface area (Å²) in [5.74, 6) is 1.76. The first kappa shape index (κ1) is 14.4. The van der Waals surface area contributed by atoms with Gasteiger partial charge >= 0.3 is 0 Å². The summed E-state index contributed by atoms with van der Waals surface area (Å²) in [6.07, 6.45) is 2.63. The van der Waals surface area contributed by atoms with Gasteiger partial charge in [0.05, 0.1) is 30.0 Å². The molecule has 23 heavy (non-hydrogen) atoms. The highest BCUT2D eigenvalue weighted by atomic mass is 32.1. The summed E-state index contributed by atoms with van der Waals surface area (Å²) in [7, 11) is 1.68. The molecule has 0 spiro atoms. The molecule has 1 atom stereocenters. The third-order valence-electron chi connectivity index (χ3n) is 3.96. The van der Waals surface area contributed by atoms with Crippen molar-refractivity contribution in [2.24, 2.45) is 0 Å². The van der Waals surface area contributed by atoms with Crippen molar-refractivity contribution in [3.63, 3.8) is 0 Å². The monoisotopic (exact) mass is 327 g/mol. The number of thiophene rings is 1. The maximum atomic E-state index is 5.42. The molecule has 1 saturated heterocycles. The van der Waals surface area contributed by atoms with Crippen LogP contribution >= 0.6 is 11.3 Å². The second-order valence-corrected chi connectivity index (χ2v) is 6.53. The first-order valence-electron chi connectivity index (χ1n) is 7.57. The number of fused-ring (bicyclic) bond motifs is 1. The minimum atomic E-state index is 0.333. The molecule has 4 rings (SSSR count). The van der Waals surface area contributed by atoms with E-state index >= 15 is 0 Å². The lowest BCUT2D eigenvalue weighted by atomic mass is 10.2. The molecule has 0 unspecified atom stereocenters. The molecule has 1 aliphatic heterocycles. The normalized spacial score (nSPS) is 17.5. The SMILES string of the molecule is COc1ccc(-c2cc3ncnc(N[C@@H]4CCOC4)c3s2)cc1. The number of methoxy groups -OCH3 is 1. The van der Waals surface area contributed by atoms with Gasteiger partial charge in [0.15, 0.2) is 0 Å². The summed E-state index contributed by atoms with van der Waals surface area (Å²) >= 11 is 1.70. The number of nitrogens with one attached hydrogen (secondary N) is 1. The van der Waals surface area contributed by atoms with Gasteiger partial charge in [0.25, 0.3) is 0 Å². The third kappa shape index (κ3) is 2.87. The van der Waals surface area contributed by atoms with Crippen LogP contribution in [-0.2, 0) is 4.74 Å². The van der Waals surface area contributed by atoms with Gasteiger partial charge in [0, 0.05) is 11.5 Å². The van der Waals surface area contributed by atoms with Gasteiger partial charge in [0.1, 0.15) is 17.9 Å². The van der Waals surface area contributed by atoms with Crippen LogP contribution in [0.1, 0.15) is 6.42 Å². The molecule has 1 N–H and O–H groups in total. The summed E-state index contributed by atoms with van der Waals surface area (Å²) in [6.45, 7) is 1.55. The molecule has 0 amide bonds. The Kier molecular flexibility index (Phi) is 3.85. The van der Waals surface area contributed by atoms with Crippen LogP contribution in [-0.4, -0.2) is 36.3 Å². The van der Waals surface area contributed by atoms with Gasteiger partial charge < -0.3 is 14.8 Å². The molecule has 6 heteroatoms. The van der Waals surface area contributed by atoms with Crippen molar-refractivity contribution in [1.82, 2.24) is 9.97 Å². The second-order valence-electron chi connectivity index (χ2n) is 5.48. The van der Waals surface area contributed by atoms with Crippen LogP contribution < -0.4 is 10.1 Å². The Bertz CT molecular complexity index is 810. The van der Waals surface area contributed by atoms with Gasteiger partial charge in [0.2, 0.25) is 0 Å². The van der Waals surface area contributed by atoms with Crippen molar-refractivity contribution in [3.05, 3.63) is 36.7 Å². The Balaban J connectivity index is 1.68. The number of hydrogen-bond acceptors (Lipinski definition) is 6. The Morgan fingerprint density at radius 2 is 2.13 bits per heavy atom. The molecule has 0 bridgehead atoms. The van der Waals surface area contributed by atoms with Crippen molar-refractivity contribution >= 4 is 27.4 Å². The molecule has 5 nitrogen and oxygen atoms in total.